The molecule has 29 heavy (non-hydrogen) atoms. The van der Waals surface area contributed by atoms with Crippen LogP contribution in [-0.2, 0) is 16.6 Å². The molecule has 0 bridgehead atoms. The van der Waals surface area contributed by atoms with E-state index in [0.29, 0.717) is 16.8 Å². The highest BCUT2D eigenvalue weighted by Crippen LogP contribution is 2.30. The maximum Gasteiger partial charge on any atom is 0.253 e. The first kappa shape index (κ1) is 20.6. The number of primary sulfonamides is 1. The topological polar surface area (TPSA) is 139 Å². The van der Waals surface area contributed by atoms with Crippen LogP contribution >= 0.6 is 0 Å². The summed E-state index contributed by atoms with van der Waals surface area (Å²) in [6.45, 7) is 3.99. The van der Waals surface area contributed by atoms with Gasteiger partial charge in [-0.25, -0.2) is 13.6 Å². The molecule has 5 N–H and O–H groups in total. The Labute approximate surface area is 167 Å². The normalized spacial score (nSPS) is 11.7. The Bertz CT molecular complexity index is 1240. The second-order valence-electron chi connectivity index (χ2n) is 7.01. The molecule has 152 valence electrons. The summed E-state index contributed by atoms with van der Waals surface area (Å²) < 4.78 is 22.9. The van der Waals surface area contributed by atoms with Gasteiger partial charge in [-0.15, -0.1) is 0 Å². The quantitative estimate of drug-likeness (QED) is 0.342. The molecule has 0 saturated carbocycles. The van der Waals surface area contributed by atoms with Gasteiger partial charge in [0.15, 0.2) is 0 Å². The molecule has 0 fully saturated rings. The van der Waals surface area contributed by atoms with E-state index < -0.39 is 20.9 Å². The molecule has 3 rings (SSSR count). The third kappa shape index (κ3) is 4.30. The zero-order valence-corrected chi connectivity index (χ0v) is 16.7. The maximum absolute atomic E-state index is 12.0. The van der Waals surface area contributed by atoms with Crippen LogP contribution in [0.3, 0.4) is 0 Å². The molecule has 8 nitrogen and oxygen atoms in total. The number of nitrogens with one attached hydrogen (secondary N) is 2. The van der Waals surface area contributed by atoms with Crippen molar-refractivity contribution in [1.82, 2.24) is 0 Å². The molecule has 0 atom stereocenters. The fourth-order valence-electron chi connectivity index (χ4n) is 2.94. The number of hydrogen-bond donors (Lipinski definition) is 4. The van der Waals surface area contributed by atoms with Crippen LogP contribution < -0.4 is 26.6 Å². The van der Waals surface area contributed by atoms with Gasteiger partial charge in [-0.1, -0.05) is 26.0 Å². The first-order valence-electron chi connectivity index (χ1n) is 8.86. The smallest absolute Gasteiger partial charge is 0.253 e. The fourth-order valence-corrected chi connectivity index (χ4v) is 3.53. The molecule has 0 spiro atoms. The molecule has 0 radical (unpaired) electrons. The Morgan fingerprint density at radius 2 is 1.72 bits per heavy atom. The van der Waals surface area contributed by atoms with Gasteiger partial charge >= 0.3 is 0 Å². The third-order valence-corrected chi connectivity index (χ3v) is 5.44. The molecule has 3 aromatic carbocycles. The van der Waals surface area contributed by atoms with Gasteiger partial charge in [0, 0.05) is 12.2 Å². The van der Waals surface area contributed by atoms with Crippen molar-refractivity contribution in [2.75, 3.05) is 10.6 Å². The lowest BCUT2D eigenvalue weighted by atomic mass is 10.0. The van der Waals surface area contributed by atoms with Crippen molar-refractivity contribution in [1.29, 1.82) is 0 Å². The van der Waals surface area contributed by atoms with Crippen molar-refractivity contribution in [3.05, 3.63) is 74.0 Å². The Morgan fingerprint density at radius 1 is 1.03 bits per heavy atom. The molecule has 0 saturated heterocycles. The standard InChI is InChI=1S/C20H21N3O5S/c1-11(2)15-9-13(6-7-16(15)24)23-18-17(19(25)20(18)26)22-10-12-4-3-5-14(8-12)29(21,27)28/h3-9,11,22-24H,10H2,1-2H3,(H2,21,27,28). The van der Waals surface area contributed by atoms with E-state index in [1.807, 2.05) is 13.8 Å². The molecule has 3 aromatic rings. The van der Waals surface area contributed by atoms with E-state index in [1.165, 1.54) is 18.2 Å². The number of sulfonamides is 1. The van der Waals surface area contributed by atoms with Crippen LogP contribution in [0.4, 0.5) is 17.1 Å². The van der Waals surface area contributed by atoms with E-state index in [1.54, 1.807) is 24.3 Å². The van der Waals surface area contributed by atoms with E-state index in [-0.39, 0.29) is 34.5 Å². The van der Waals surface area contributed by atoms with Gasteiger partial charge in [-0.05, 0) is 47.4 Å². The SMILES string of the molecule is CC(C)c1cc(Nc2c(NCc3cccc(S(N)(=O)=O)c3)c(=O)c2=O)ccc1O. The van der Waals surface area contributed by atoms with Crippen LogP contribution in [0.1, 0.15) is 30.9 Å². The van der Waals surface area contributed by atoms with E-state index in [2.05, 4.69) is 10.6 Å². The second kappa shape index (κ2) is 7.69. The summed E-state index contributed by atoms with van der Waals surface area (Å²) in [7, 11) is -3.83. The van der Waals surface area contributed by atoms with Crippen LogP contribution in [0, 0.1) is 0 Å². The molecular weight excluding hydrogens is 394 g/mol. The third-order valence-electron chi connectivity index (χ3n) is 4.53. The molecule has 0 aliphatic heterocycles. The van der Waals surface area contributed by atoms with E-state index >= 15 is 0 Å². The van der Waals surface area contributed by atoms with Gasteiger partial charge in [0.1, 0.15) is 17.1 Å². The highest BCUT2D eigenvalue weighted by molar-refractivity contribution is 7.89. The summed E-state index contributed by atoms with van der Waals surface area (Å²) in [4.78, 5) is 23.9. The lowest BCUT2D eigenvalue weighted by Crippen LogP contribution is -2.36. The van der Waals surface area contributed by atoms with Gasteiger partial charge in [-0.2, -0.15) is 0 Å². The minimum Gasteiger partial charge on any atom is -0.508 e. The lowest BCUT2D eigenvalue weighted by Gasteiger charge is -2.17. The molecule has 0 heterocycles. The van der Waals surface area contributed by atoms with Crippen LogP contribution in [0.5, 0.6) is 5.75 Å². The molecular formula is C20H21N3O5S. The van der Waals surface area contributed by atoms with Crippen LogP contribution in [0.25, 0.3) is 0 Å². The summed E-state index contributed by atoms with van der Waals surface area (Å²) in [6.07, 6.45) is 0. The van der Waals surface area contributed by atoms with Crippen molar-refractivity contribution in [3.63, 3.8) is 0 Å². The number of phenols is 1. The van der Waals surface area contributed by atoms with Crippen molar-refractivity contribution in [2.24, 2.45) is 5.14 Å². The van der Waals surface area contributed by atoms with Crippen molar-refractivity contribution >= 4 is 27.1 Å². The van der Waals surface area contributed by atoms with Crippen molar-refractivity contribution in [2.45, 2.75) is 31.2 Å². The Balaban J connectivity index is 1.81. The first-order valence-corrected chi connectivity index (χ1v) is 10.4. The molecule has 0 aliphatic rings. The Hall–Kier alpha value is -3.17. The van der Waals surface area contributed by atoms with Gasteiger partial charge in [0.2, 0.25) is 10.0 Å². The van der Waals surface area contributed by atoms with Crippen LogP contribution in [0.2, 0.25) is 0 Å². The number of hydrogen-bond acceptors (Lipinski definition) is 7. The van der Waals surface area contributed by atoms with E-state index in [0.717, 1.165) is 0 Å². The Kier molecular flexibility index (Phi) is 5.45. The number of phenolic OH excluding ortho intramolecular Hbond substituents is 1. The molecule has 0 aromatic heterocycles. The predicted octanol–water partition coefficient (Wildman–Crippen LogP) is 2.11. The number of nitrogens with two attached hydrogens (primary N) is 1. The highest BCUT2D eigenvalue weighted by atomic mass is 32.2. The van der Waals surface area contributed by atoms with Crippen molar-refractivity contribution in [3.8, 4) is 5.75 Å². The molecule has 0 aliphatic carbocycles. The van der Waals surface area contributed by atoms with Crippen LogP contribution in [-0.4, -0.2) is 13.5 Å². The number of aromatic hydroxyl groups is 1. The van der Waals surface area contributed by atoms with E-state index in [9.17, 15) is 23.1 Å². The largest absolute Gasteiger partial charge is 0.508 e. The summed E-state index contributed by atoms with van der Waals surface area (Å²) in [5.41, 5.74) is 0.805. The molecule has 0 unspecified atom stereocenters. The maximum atomic E-state index is 12.0. The lowest BCUT2D eigenvalue weighted by molar-refractivity contribution is 0.465. The average molecular weight is 415 g/mol. The van der Waals surface area contributed by atoms with Crippen LogP contribution in [0.15, 0.2) is 56.9 Å². The van der Waals surface area contributed by atoms with E-state index in [4.69, 9.17) is 5.14 Å². The minimum absolute atomic E-state index is 0.0366. The monoisotopic (exact) mass is 415 g/mol. The molecule has 0 amide bonds. The number of rotatable bonds is 7. The van der Waals surface area contributed by atoms with Crippen molar-refractivity contribution < 1.29 is 13.5 Å². The Morgan fingerprint density at radius 3 is 2.38 bits per heavy atom. The summed E-state index contributed by atoms with van der Waals surface area (Å²) in [6, 6.07) is 10.8. The zero-order chi connectivity index (χ0) is 21.3. The van der Waals surface area contributed by atoms with Gasteiger partial charge < -0.3 is 15.7 Å². The first-order chi connectivity index (χ1) is 13.6. The predicted molar refractivity (Wildman–Crippen MR) is 112 cm³/mol. The summed E-state index contributed by atoms with van der Waals surface area (Å²) >= 11 is 0. The average Bonchev–Trinajstić information content (AvgIpc) is 2.67. The summed E-state index contributed by atoms with van der Waals surface area (Å²) in [5, 5.41) is 20.8. The fraction of sp³-hybridized carbons (Fsp3) is 0.200. The van der Waals surface area contributed by atoms with Gasteiger partial charge in [0.05, 0.1) is 4.90 Å². The minimum atomic E-state index is -3.83. The molecule has 9 heteroatoms. The second-order valence-corrected chi connectivity index (χ2v) is 8.57. The van der Waals surface area contributed by atoms with Gasteiger partial charge in [-0.3, -0.25) is 9.59 Å². The summed E-state index contributed by atoms with van der Waals surface area (Å²) in [5.74, 6) is 0.233. The zero-order valence-electron chi connectivity index (χ0n) is 15.9. The number of anilines is 3. The van der Waals surface area contributed by atoms with Gasteiger partial charge in [0.25, 0.3) is 10.9 Å². The number of benzene rings is 2. The highest BCUT2D eigenvalue weighted by Gasteiger charge is 2.21.